The summed E-state index contributed by atoms with van der Waals surface area (Å²) in [6.45, 7) is 13.6. The third kappa shape index (κ3) is 13.8. The predicted octanol–water partition coefficient (Wildman–Crippen LogP) is 6.93. The number of nitrogens with zero attached hydrogens (tertiary/aromatic N) is 2. The van der Waals surface area contributed by atoms with Gasteiger partial charge in [0.2, 0.25) is 0 Å². The van der Waals surface area contributed by atoms with E-state index in [0.717, 1.165) is 11.1 Å². The molecular weight excluding hydrogens is 656 g/mol. The fraction of sp³-hybridized carbons (Fsp3) is 0.590. The highest BCUT2D eigenvalue weighted by atomic mass is 16.6. The Morgan fingerprint density at radius 2 is 0.863 bits per heavy atom. The van der Waals surface area contributed by atoms with Gasteiger partial charge in [0, 0.05) is 27.1 Å². The van der Waals surface area contributed by atoms with E-state index in [1.807, 2.05) is 60.7 Å². The zero-order chi connectivity index (χ0) is 38.3. The topological polar surface area (TPSA) is 130 Å². The lowest BCUT2D eigenvalue weighted by Gasteiger charge is -2.39. The lowest BCUT2D eigenvalue weighted by molar-refractivity contribution is -0.160. The molecule has 0 aliphatic heterocycles. The molecule has 0 radical (unpaired) electrons. The summed E-state index contributed by atoms with van der Waals surface area (Å²) in [7, 11) is 2.88. The molecule has 284 valence electrons. The molecule has 0 bridgehead atoms. The molecule has 2 rings (SSSR count). The Kier molecular flexibility index (Phi) is 16.4. The minimum atomic E-state index is -1.43. The number of esters is 2. The quantitative estimate of drug-likeness (QED) is 0.0694. The van der Waals surface area contributed by atoms with Gasteiger partial charge in [-0.3, -0.25) is 9.80 Å². The summed E-state index contributed by atoms with van der Waals surface area (Å²) >= 11 is 0. The molecule has 0 spiro atoms. The number of benzene rings is 2. The van der Waals surface area contributed by atoms with Crippen molar-refractivity contribution >= 4 is 24.1 Å². The van der Waals surface area contributed by atoms with Crippen molar-refractivity contribution in [3.05, 3.63) is 71.8 Å². The number of amides is 2. The molecule has 2 aromatic rings. The first kappa shape index (κ1) is 43.0. The van der Waals surface area contributed by atoms with Crippen molar-refractivity contribution in [1.82, 2.24) is 9.80 Å². The number of methoxy groups -OCH3 is 2. The molecule has 0 N–H and O–H groups in total. The van der Waals surface area contributed by atoms with Crippen LogP contribution in [0.1, 0.15) is 85.8 Å². The van der Waals surface area contributed by atoms with Crippen LogP contribution in [0.4, 0.5) is 9.59 Å². The van der Waals surface area contributed by atoms with Crippen LogP contribution in [0.3, 0.4) is 0 Å². The average Bonchev–Trinajstić information content (AvgIpc) is 3.04. The summed E-state index contributed by atoms with van der Waals surface area (Å²) in [6.07, 6.45) is 0.500. The average molecular weight is 715 g/mol. The monoisotopic (exact) mass is 714 g/mol. The fourth-order valence-corrected chi connectivity index (χ4v) is 5.25. The summed E-state index contributed by atoms with van der Waals surface area (Å²) in [5.41, 5.74) is -2.78. The van der Waals surface area contributed by atoms with E-state index in [1.165, 1.54) is 24.0 Å². The number of ether oxygens (including phenoxy) is 6. The lowest BCUT2D eigenvalue weighted by Crippen LogP contribution is -2.58. The number of carbonyl (C=O) groups excluding carboxylic acids is 4. The second kappa shape index (κ2) is 19.4. The lowest BCUT2D eigenvalue weighted by atomic mass is 9.91. The highest BCUT2D eigenvalue weighted by Crippen LogP contribution is 2.28. The van der Waals surface area contributed by atoms with E-state index in [0.29, 0.717) is 19.3 Å². The van der Waals surface area contributed by atoms with Gasteiger partial charge >= 0.3 is 24.1 Å². The molecule has 12 nitrogen and oxygen atoms in total. The Balaban J connectivity index is 2.09. The van der Waals surface area contributed by atoms with Gasteiger partial charge in [-0.05, 0) is 85.8 Å². The van der Waals surface area contributed by atoms with E-state index >= 15 is 0 Å². The molecular formula is C39H58N2O10. The van der Waals surface area contributed by atoms with E-state index in [1.54, 1.807) is 55.4 Å². The van der Waals surface area contributed by atoms with E-state index in [2.05, 4.69) is 0 Å². The van der Waals surface area contributed by atoms with Crippen molar-refractivity contribution in [3.8, 4) is 0 Å². The maximum Gasteiger partial charge on any atom is 0.413 e. The van der Waals surface area contributed by atoms with Crippen LogP contribution in [-0.4, -0.2) is 97.1 Å². The van der Waals surface area contributed by atoms with Crippen LogP contribution in [0.2, 0.25) is 0 Å². The Morgan fingerprint density at radius 3 is 1.16 bits per heavy atom. The van der Waals surface area contributed by atoms with E-state index in [9.17, 15) is 19.2 Å². The van der Waals surface area contributed by atoms with Gasteiger partial charge in [-0.25, -0.2) is 19.2 Å². The van der Waals surface area contributed by atoms with E-state index < -0.39 is 46.4 Å². The number of hydrogen-bond acceptors (Lipinski definition) is 10. The number of hydrogen-bond donors (Lipinski definition) is 0. The zero-order valence-corrected chi connectivity index (χ0v) is 32.1. The predicted molar refractivity (Wildman–Crippen MR) is 193 cm³/mol. The van der Waals surface area contributed by atoms with Gasteiger partial charge < -0.3 is 28.4 Å². The van der Waals surface area contributed by atoms with Gasteiger partial charge in [0.15, 0.2) is 0 Å². The van der Waals surface area contributed by atoms with Crippen molar-refractivity contribution in [2.75, 3.05) is 40.9 Å². The van der Waals surface area contributed by atoms with Crippen molar-refractivity contribution in [3.63, 3.8) is 0 Å². The Labute approximate surface area is 303 Å². The van der Waals surface area contributed by atoms with Gasteiger partial charge in [0.1, 0.15) is 35.7 Å². The standard InChI is InChI=1S/C39H58N2O10/c1-36(2,3)50-34(44)40(28-46-9)38(7,26-30-20-14-11-15-21-30)32(42)48-24-18-13-19-25-49-33(43)39(8,27-31-22-16-12-17-23-31)41(29-47-10)35(45)51-37(4,5)6/h11-12,14-17,20-23H,13,18-19,24-29H2,1-10H3. The second-order valence-electron chi connectivity index (χ2n) is 14.9. The van der Waals surface area contributed by atoms with Crippen LogP contribution in [0, 0.1) is 0 Å². The fourth-order valence-electron chi connectivity index (χ4n) is 5.25. The minimum Gasteiger partial charge on any atom is -0.464 e. The summed E-state index contributed by atoms with van der Waals surface area (Å²) in [6, 6.07) is 18.7. The largest absolute Gasteiger partial charge is 0.464 e. The van der Waals surface area contributed by atoms with Crippen LogP contribution in [0.5, 0.6) is 0 Å². The van der Waals surface area contributed by atoms with E-state index in [-0.39, 0.29) is 39.5 Å². The summed E-state index contributed by atoms with van der Waals surface area (Å²) in [4.78, 5) is 56.5. The maximum atomic E-state index is 13.7. The summed E-state index contributed by atoms with van der Waals surface area (Å²) in [5, 5.41) is 0. The van der Waals surface area contributed by atoms with Gasteiger partial charge in [-0.15, -0.1) is 0 Å². The molecule has 51 heavy (non-hydrogen) atoms. The van der Waals surface area contributed by atoms with Crippen LogP contribution in [-0.2, 0) is 50.9 Å². The maximum absolute atomic E-state index is 13.7. The molecule has 12 heteroatoms. The molecule has 0 saturated carbocycles. The molecule has 0 aliphatic rings. The SMILES string of the molecule is COCN(C(=O)OC(C)(C)C)C(C)(Cc1ccccc1)C(=O)OCCCCCOC(=O)C(C)(Cc1ccccc1)N(COC)C(=O)OC(C)(C)C. The Morgan fingerprint density at radius 1 is 0.529 bits per heavy atom. The van der Waals surface area contributed by atoms with Crippen molar-refractivity contribution in [1.29, 1.82) is 0 Å². The highest BCUT2D eigenvalue weighted by Gasteiger charge is 2.47. The molecule has 2 amide bonds. The highest BCUT2D eigenvalue weighted by molar-refractivity contribution is 5.86. The van der Waals surface area contributed by atoms with Crippen LogP contribution < -0.4 is 0 Å². The van der Waals surface area contributed by atoms with E-state index in [4.69, 9.17) is 28.4 Å². The Hall–Kier alpha value is -4.16. The number of rotatable bonds is 18. The molecule has 0 heterocycles. The normalized spacial score (nSPS) is 14.0. The first-order valence-corrected chi connectivity index (χ1v) is 17.3. The van der Waals surface area contributed by atoms with Crippen LogP contribution in [0.25, 0.3) is 0 Å². The Bertz CT molecular complexity index is 1280. The number of carbonyl (C=O) groups is 4. The van der Waals surface area contributed by atoms with Gasteiger partial charge in [0.05, 0.1) is 13.2 Å². The second-order valence-corrected chi connectivity index (χ2v) is 14.9. The smallest absolute Gasteiger partial charge is 0.413 e. The van der Waals surface area contributed by atoms with Gasteiger partial charge in [-0.2, -0.15) is 0 Å². The first-order chi connectivity index (χ1) is 23.9. The third-order valence-corrected chi connectivity index (χ3v) is 7.85. The summed E-state index contributed by atoms with van der Waals surface area (Å²) < 4.78 is 33.4. The molecule has 2 unspecified atom stereocenters. The van der Waals surface area contributed by atoms with Crippen LogP contribution >= 0.6 is 0 Å². The molecule has 0 fully saturated rings. The van der Waals surface area contributed by atoms with Crippen molar-refractivity contribution in [2.45, 2.75) is 110 Å². The molecule has 2 atom stereocenters. The molecule has 0 saturated heterocycles. The first-order valence-electron chi connectivity index (χ1n) is 17.3. The van der Waals surface area contributed by atoms with Crippen molar-refractivity contribution in [2.24, 2.45) is 0 Å². The van der Waals surface area contributed by atoms with Gasteiger partial charge in [-0.1, -0.05) is 60.7 Å². The third-order valence-electron chi connectivity index (χ3n) is 7.85. The van der Waals surface area contributed by atoms with Gasteiger partial charge in [0.25, 0.3) is 0 Å². The summed E-state index contributed by atoms with van der Waals surface area (Å²) in [5.74, 6) is -1.20. The molecule has 0 aromatic heterocycles. The van der Waals surface area contributed by atoms with Crippen LogP contribution in [0.15, 0.2) is 60.7 Å². The van der Waals surface area contributed by atoms with Crippen molar-refractivity contribution < 1.29 is 47.6 Å². The zero-order valence-electron chi connectivity index (χ0n) is 32.1. The molecule has 0 aliphatic carbocycles. The minimum absolute atomic E-state index is 0.0816. The number of unbranched alkanes of at least 4 members (excludes halogenated alkanes) is 2. The molecule has 2 aromatic carbocycles.